The molecular weight excluding hydrogens is 416 g/mol. The second-order valence-corrected chi connectivity index (χ2v) is 7.71. The van der Waals surface area contributed by atoms with Crippen LogP contribution in [0.15, 0.2) is 82.2 Å². The van der Waals surface area contributed by atoms with Crippen LogP contribution in [0, 0.1) is 0 Å². The number of carbonyl (C=O) groups excluding carboxylic acids is 1. The highest BCUT2D eigenvalue weighted by molar-refractivity contribution is 6.30. The van der Waals surface area contributed by atoms with E-state index in [-0.39, 0.29) is 28.4 Å². The summed E-state index contributed by atoms with van der Waals surface area (Å²) in [7, 11) is 0. The first-order valence-corrected chi connectivity index (χ1v) is 10.1. The molecule has 0 aliphatic carbocycles. The summed E-state index contributed by atoms with van der Waals surface area (Å²) in [6, 6.07) is 18.5. The smallest absolute Gasteiger partial charge is 0.343 e. The first-order valence-electron chi connectivity index (χ1n) is 9.72. The van der Waals surface area contributed by atoms with E-state index in [1.54, 1.807) is 36.4 Å². The minimum Gasteiger partial charge on any atom is -0.460 e. The number of fused-ring (bicyclic) bond motifs is 1. The molecule has 0 aliphatic rings. The Balaban J connectivity index is 1.60. The molecule has 4 aromatic rings. The lowest BCUT2D eigenvalue weighted by molar-refractivity contribution is 0.0735. The van der Waals surface area contributed by atoms with Gasteiger partial charge >= 0.3 is 5.97 Å². The maximum Gasteiger partial charge on any atom is 0.343 e. The fraction of sp³-hybridized carbons (Fsp3) is 0.120. The molecule has 6 heteroatoms. The molecule has 0 saturated carbocycles. The standard InChI is InChI=1S/C25H19ClO5/c1-15(2)19-5-3-4-6-21(19)31-23-14-29-22-13-18(11-12-20(22)24(23)27)30-25(28)16-7-9-17(26)10-8-16/h3-15H,1-2H3. The van der Waals surface area contributed by atoms with E-state index in [1.807, 2.05) is 24.3 Å². The van der Waals surface area contributed by atoms with E-state index in [4.69, 9.17) is 25.5 Å². The van der Waals surface area contributed by atoms with E-state index in [2.05, 4.69) is 13.8 Å². The van der Waals surface area contributed by atoms with Gasteiger partial charge in [-0.1, -0.05) is 43.6 Å². The van der Waals surface area contributed by atoms with Crippen molar-refractivity contribution in [1.29, 1.82) is 0 Å². The minimum absolute atomic E-state index is 0.0894. The van der Waals surface area contributed by atoms with Crippen LogP contribution in [-0.2, 0) is 0 Å². The summed E-state index contributed by atoms with van der Waals surface area (Å²) in [4.78, 5) is 25.2. The van der Waals surface area contributed by atoms with Gasteiger partial charge in [0.05, 0.1) is 10.9 Å². The fourth-order valence-electron chi connectivity index (χ4n) is 3.15. The monoisotopic (exact) mass is 434 g/mol. The zero-order chi connectivity index (χ0) is 22.0. The van der Waals surface area contributed by atoms with Crippen molar-refractivity contribution in [2.75, 3.05) is 0 Å². The van der Waals surface area contributed by atoms with Crippen molar-refractivity contribution in [1.82, 2.24) is 0 Å². The Bertz CT molecular complexity index is 1310. The molecule has 3 aromatic carbocycles. The number of hydrogen-bond acceptors (Lipinski definition) is 5. The number of benzene rings is 3. The molecule has 5 nitrogen and oxygen atoms in total. The molecule has 31 heavy (non-hydrogen) atoms. The van der Waals surface area contributed by atoms with Gasteiger partial charge in [0.15, 0.2) is 0 Å². The van der Waals surface area contributed by atoms with Crippen LogP contribution in [0.5, 0.6) is 17.2 Å². The number of halogens is 1. The molecule has 0 N–H and O–H groups in total. The molecular formula is C25H19ClO5. The van der Waals surface area contributed by atoms with Gasteiger partial charge in [0.2, 0.25) is 11.2 Å². The molecule has 1 heterocycles. The molecule has 0 fully saturated rings. The van der Waals surface area contributed by atoms with E-state index in [0.717, 1.165) is 5.56 Å². The van der Waals surface area contributed by atoms with Gasteiger partial charge in [-0.3, -0.25) is 4.79 Å². The minimum atomic E-state index is -0.538. The van der Waals surface area contributed by atoms with Crippen LogP contribution >= 0.6 is 11.6 Å². The fourth-order valence-corrected chi connectivity index (χ4v) is 3.27. The summed E-state index contributed by atoms with van der Waals surface area (Å²) >= 11 is 5.84. The van der Waals surface area contributed by atoms with Crippen molar-refractivity contribution in [2.24, 2.45) is 0 Å². The first-order chi connectivity index (χ1) is 14.9. The Morgan fingerprint density at radius 2 is 1.71 bits per heavy atom. The van der Waals surface area contributed by atoms with Crippen molar-refractivity contribution < 1.29 is 18.7 Å². The molecule has 4 rings (SSSR count). The Labute approximate surface area is 183 Å². The van der Waals surface area contributed by atoms with Crippen molar-refractivity contribution in [3.05, 3.63) is 99.4 Å². The van der Waals surface area contributed by atoms with E-state index < -0.39 is 5.97 Å². The molecule has 0 aliphatic heterocycles. The van der Waals surface area contributed by atoms with Crippen molar-refractivity contribution in [2.45, 2.75) is 19.8 Å². The Hall–Kier alpha value is -3.57. The molecule has 0 unspecified atom stereocenters. The van der Waals surface area contributed by atoms with Gasteiger partial charge in [-0.05, 0) is 53.9 Å². The summed E-state index contributed by atoms with van der Waals surface area (Å²) in [5, 5.41) is 0.851. The van der Waals surface area contributed by atoms with Crippen molar-refractivity contribution in [3.63, 3.8) is 0 Å². The largest absolute Gasteiger partial charge is 0.460 e. The average Bonchev–Trinajstić information content (AvgIpc) is 2.76. The molecule has 1 aromatic heterocycles. The van der Waals surface area contributed by atoms with Gasteiger partial charge in [0, 0.05) is 11.1 Å². The highest BCUT2D eigenvalue weighted by atomic mass is 35.5. The van der Waals surface area contributed by atoms with E-state index in [1.165, 1.54) is 12.3 Å². The number of carbonyl (C=O) groups is 1. The molecule has 0 radical (unpaired) electrons. The Morgan fingerprint density at radius 1 is 0.968 bits per heavy atom. The van der Waals surface area contributed by atoms with Crippen LogP contribution in [-0.4, -0.2) is 5.97 Å². The Morgan fingerprint density at radius 3 is 2.45 bits per heavy atom. The predicted octanol–water partition coefficient (Wildman–Crippen LogP) is 6.58. The van der Waals surface area contributed by atoms with Crippen molar-refractivity contribution in [3.8, 4) is 17.2 Å². The van der Waals surface area contributed by atoms with Gasteiger partial charge in [0.25, 0.3) is 0 Å². The first kappa shape index (κ1) is 20.7. The average molecular weight is 435 g/mol. The molecule has 0 spiro atoms. The van der Waals surface area contributed by atoms with E-state index in [0.29, 0.717) is 21.7 Å². The molecule has 0 bridgehead atoms. The van der Waals surface area contributed by atoms with Crippen molar-refractivity contribution >= 4 is 28.5 Å². The van der Waals surface area contributed by atoms with Gasteiger partial charge in [0.1, 0.15) is 23.3 Å². The quantitative estimate of drug-likeness (QED) is 0.262. The highest BCUT2D eigenvalue weighted by Gasteiger charge is 2.15. The number of esters is 1. The molecule has 0 atom stereocenters. The maximum absolute atomic E-state index is 12.9. The molecule has 0 saturated heterocycles. The number of rotatable bonds is 5. The van der Waals surface area contributed by atoms with Gasteiger partial charge in [-0.25, -0.2) is 4.79 Å². The zero-order valence-electron chi connectivity index (χ0n) is 16.9. The molecule has 0 amide bonds. The van der Waals surface area contributed by atoms with Gasteiger partial charge < -0.3 is 13.9 Å². The maximum atomic E-state index is 12.9. The third-order valence-corrected chi connectivity index (χ3v) is 5.02. The normalized spacial score (nSPS) is 11.0. The summed E-state index contributed by atoms with van der Waals surface area (Å²) in [6.45, 7) is 4.11. The van der Waals surface area contributed by atoms with Gasteiger partial charge in [-0.15, -0.1) is 0 Å². The lowest BCUT2D eigenvalue weighted by atomic mass is 10.0. The van der Waals surface area contributed by atoms with E-state index >= 15 is 0 Å². The van der Waals surface area contributed by atoms with Crippen LogP contribution in [0.1, 0.15) is 35.7 Å². The van der Waals surface area contributed by atoms with Crippen LogP contribution < -0.4 is 14.9 Å². The van der Waals surface area contributed by atoms with E-state index in [9.17, 15) is 9.59 Å². The number of ether oxygens (including phenoxy) is 2. The lowest BCUT2D eigenvalue weighted by Gasteiger charge is -2.13. The van der Waals surface area contributed by atoms with Crippen LogP contribution in [0.2, 0.25) is 5.02 Å². The summed E-state index contributed by atoms with van der Waals surface area (Å²) < 4.78 is 16.9. The zero-order valence-corrected chi connectivity index (χ0v) is 17.7. The van der Waals surface area contributed by atoms with Gasteiger partial charge in [-0.2, -0.15) is 0 Å². The van der Waals surface area contributed by atoms with Crippen LogP contribution in [0.4, 0.5) is 0 Å². The third-order valence-electron chi connectivity index (χ3n) is 4.77. The second-order valence-electron chi connectivity index (χ2n) is 7.28. The van der Waals surface area contributed by atoms with Crippen LogP contribution in [0.3, 0.4) is 0 Å². The topological polar surface area (TPSA) is 65.7 Å². The molecule has 156 valence electrons. The Kier molecular flexibility index (Phi) is 5.78. The summed E-state index contributed by atoms with van der Waals surface area (Å²) in [6.07, 6.45) is 1.27. The third kappa shape index (κ3) is 4.47. The SMILES string of the molecule is CC(C)c1ccccc1Oc1coc2cc(OC(=O)c3ccc(Cl)cc3)ccc2c1=O. The lowest BCUT2D eigenvalue weighted by Crippen LogP contribution is -2.09. The highest BCUT2D eigenvalue weighted by Crippen LogP contribution is 2.30. The second kappa shape index (κ2) is 8.66. The number of hydrogen-bond donors (Lipinski definition) is 0. The van der Waals surface area contributed by atoms with Crippen LogP contribution in [0.25, 0.3) is 11.0 Å². The number of para-hydroxylation sites is 1. The summed E-state index contributed by atoms with van der Waals surface area (Å²) in [5.41, 5.74) is 1.33. The predicted molar refractivity (Wildman–Crippen MR) is 119 cm³/mol. The summed E-state index contributed by atoms with van der Waals surface area (Å²) in [5.74, 6) is 0.656.